The summed E-state index contributed by atoms with van der Waals surface area (Å²) in [5.74, 6) is -0.868. The van der Waals surface area contributed by atoms with Crippen molar-refractivity contribution in [2.45, 2.75) is 38.1 Å². The molecule has 136 valence electrons. The lowest BCUT2D eigenvalue weighted by Crippen LogP contribution is -2.34. The molecule has 2 aliphatic rings. The van der Waals surface area contributed by atoms with Gasteiger partial charge in [0.15, 0.2) is 0 Å². The fourth-order valence-electron chi connectivity index (χ4n) is 3.05. The van der Waals surface area contributed by atoms with Gasteiger partial charge in [0.05, 0.1) is 5.92 Å². The van der Waals surface area contributed by atoms with Gasteiger partial charge in [0.25, 0.3) is 0 Å². The first kappa shape index (κ1) is 17.6. The molecule has 0 spiro atoms. The van der Waals surface area contributed by atoms with Crippen LogP contribution in [0.4, 0.5) is 13.2 Å². The van der Waals surface area contributed by atoms with Crippen molar-refractivity contribution in [3.8, 4) is 5.75 Å². The number of amides is 2. The Morgan fingerprint density at radius 1 is 1.28 bits per heavy atom. The standard InChI is InChI=1S/C17H19F3N2O3/c18-17(19,20)25-14-4-2-1-3-11(14)7-8-21-16(24)12-9-15(23)22(10-12)13-5-6-13/h1-4,12-13H,5-10H2,(H,21,24)/t12-/m1/s1. The van der Waals surface area contributed by atoms with E-state index in [-0.39, 0.29) is 48.9 Å². The van der Waals surface area contributed by atoms with Gasteiger partial charge >= 0.3 is 6.36 Å². The van der Waals surface area contributed by atoms with E-state index in [1.54, 1.807) is 11.0 Å². The highest BCUT2D eigenvalue weighted by atomic mass is 19.4. The van der Waals surface area contributed by atoms with Gasteiger partial charge in [-0.2, -0.15) is 0 Å². The lowest BCUT2D eigenvalue weighted by molar-refractivity contribution is -0.274. The minimum atomic E-state index is -4.75. The van der Waals surface area contributed by atoms with Crippen LogP contribution in [0.25, 0.3) is 0 Å². The minimum Gasteiger partial charge on any atom is -0.406 e. The molecule has 1 heterocycles. The third-order valence-corrected chi connectivity index (χ3v) is 4.41. The van der Waals surface area contributed by atoms with Gasteiger partial charge in [0, 0.05) is 25.6 Å². The third-order valence-electron chi connectivity index (χ3n) is 4.41. The molecule has 1 aliphatic heterocycles. The van der Waals surface area contributed by atoms with Gasteiger partial charge in [-0.1, -0.05) is 18.2 Å². The molecule has 0 bridgehead atoms. The van der Waals surface area contributed by atoms with Crippen molar-refractivity contribution in [1.29, 1.82) is 0 Å². The number of ether oxygens (including phenoxy) is 1. The number of rotatable bonds is 6. The summed E-state index contributed by atoms with van der Waals surface area (Å²) in [4.78, 5) is 25.8. The van der Waals surface area contributed by atoms with Crippen LogP contribution in [0.1, 0.15) is 24.8 Å². The van der Waals surface area contributed by atoms with Crippen LogP contribution >= 0.6 is 0 Å². The highest BCUT2D eigenvalue weighted by Crippen LogP contribution is 2.32. The lowest BCUT2D eigenvalue weighted by Gasteiger charge is -2.16. The molecule has 1 aromatic rings. The van der Waals surface area contributed by atoms with E-state index in [2.05, 4.69) is 10.1 Å². The number of alkyl halides is 3. The number of para-hydroxylation sites is 1. The van der Waals surface area contributed by atoms with Crippen molar-refractivity contribution in [3.05, 3.63) is 29.8 Å². The Morgan fingerprint density at radius 3 is 2.68 bits per heavy atom. The Morgan fingerprint density at radius 2 is 2.00 bits per heavy atom. The zero-order valence-corrected chi connectivity index (χ0v) is 13.5. The summed E-state index contributed by atoms with van der Waals surface area (Å²) in [6, 6.07) is 6.13. The van der Waals surface area contributed by atoms with Crippen molar-refractivity contribution in [2.75, 3.05) is 13.1 Å². The van der Waals surface area contributed by atoms with E-state index in [1.807, 2.05) is 0 Å². The molecule has 1 atom stereocenters. The Labute approximate surface area is 143 Å². The molecule has 0 unspecified atom stereocenters. The summed E-state index contributed by atoms with van der Waals surface area (Å²) in [5, 5.41) is 2.71. The van der Waals surface area contributed by atoms with E-state index in [9.17, 15) is 22.8 Å². The number of benzene rings is 1. The zero-order valence-electron chi connectivity index (χ0n) is 13.5. The van der Waals surface area contributed by atoms with Crippen molar-refractivity contribution in [1.82, 2.24) is 10.2 Å². The molecule has 0 radical (unpaired) electrons. The molecule has 5 nitrogen and oxygen atoms in total. The van der Waals surface area contributed by atoms with E-state index >= 15 is 0 Å². The van der Waals surface area contributed by atoms with Gasteiger partial charge in [-0.15, -0.1) is 13.2 Å². The maximum Gasteiger partial charge on any atom is 0.573 e. The van der Waals surface area contributed by atoms with E-state index in [4.69, 9.17) is 0 Å². The summed E-state index contributed by atoms with van der Waals surface area (Å²) in [7, 11) is 0. The van der Waals surface area contributed by atoms with Crippen LogP contribution in [0.15, 0.2) is 24.3 Å². The molecule has 25 heavy (non-hydrogen) atoms. The molecule has 1 aromatic carbocycles. The van der Waals surface area contributed by atoms with Gasteiger partial charge in [-0.25, -0.2) is 0 Å². The minimum absolute atomic E-state index is 0.00609. The Bertz CT molecular complexity index is 659. The molecule has 1 saturated carbocycles. The first-order valence-corrected chi connectivity index (χ1v) is 8.24. The molecule has 3 rings (SSSR count). The molecular weight excluding hydrogens is 337 g/mol. The van der Waals surface area contributed by atoms with Crippen molar-refractivity contribution >= 4 is 11.8 Å². The van der Waals surface area contributed by atoms with E-state index in [1.165, 1.54) is 18.2 Å². The van der Waals surface area contributed by atoms with E-state index < -0.39 is 6.36 Å². The average Bonchev–Trinajstić information content (AvgIpc) is 3.30. The Kier molecular flexibility index (Phi) is 4.87. The summed E-state index contributed by atoms with van der Waals surface area (Å²) in [6.45, 7) is 0.619. The second-order valence-corrected chi connectivity index (χ2v) is 6.37. The first-order chi connectivity index (χ1) is 11.8. The van der Waals surface area contributed by atoms with Crippen LogP contribution in [0.5, 0.6) is 5.75 Å². The fraction of sp³-hybridized carbons (Fsp3) is 0.529. The number of carbonyl (C=O) groups is 2. The molecule has 2 fully saturated rings. The number of halogens is 3. The van der Waals surface area contributed by atoms with Gasteiger partial charge in [-0.3, -0.25) is 9.59 Å². The lowest BCUT2D eigenvalue weighted by atomic mass is 10.1. The number of nitrogens with zero attached hydrogens (tertiary/aromatic N) is 1. The van der Waals surface area contributed by atoms with Crippen LogP contribution in [0, 0.1) is 5.92 Å². The molecular formula is C17H19F3N2O3. The van der Waals surface area contributed by atoms with Gasteiger partial charge in [0.2, 0.25) is 11.8 Å². The summed E-state index contributed by atoms with van der Waals surface area (Å²) >= 11 is 0. The molecule has 2 amide bonds. The second kappa shape index (κ2) is 6.93. The van der Waals surface area contributed by atoms with Crippen LogP contribution in [0.2, 0.25) is 0 Å². The SMILES string of the molecule is O=C(NCCc1ccccc1OC(F)(F)F)[C@@H]1CC(=O)N(C2CC2)C1. The van der Waals surface area contributed by atoms with Gasteiger partial charge in [-0.05, 0) is 30.9 Å². The zero-order chi connectivity index (χ0) is 18.0. The number of hydrogen-bond acceptors (Lipinski definition) is 3. The predicted octanol–water partition coefficient (Wildman–Crippen LogP) is 2.25. The Hall–Kier alpha value is -2.25. The monoisotopic (exact) mass is 356 g/mol. The number of nitrogens with one attached hydrogen (secondary N) is 1. The largest absolute Gasteiger partial charge is 0.573 e. The smallest absolute Gasteiger partial charge is 0.406 e. The van der Waals surface area contributed by atoms with Crippen molar-refractivity contribution in [3.63, 3.8) is 0 Å². The fourth-order valence-corrected chi connectivity index (χ4v) is 3.05. The van der Waals surface area contributed by atoms with Crippen LogP contribution in [-0.2, 0) is 16.0 Å². The summed E-state index contributed by atoms with van der Waals surface area (Å²) in [5.41, 5.74) is 0.363. The quantitative estimate of drug-likeness (QED) is 0.851. The molecule has 0 aromatic heterocycles. The first-order valence-electron chi connectivity index (χ1n) is 8.24. The number of hydrogen-bond donors (Lipinski definition) is 1. The van der Waals surface area contributed by atoms with E-state index in [0.717, 1.165) is 12.8 Å². The summed E-state index contributed by atoms with van der Waals surface area (Å²) < 4.78 is 41.2. The van der Waals surface area contributed by atoms with Gasteiger partial charge < -0.3 is 15.0 Å². The van der Waals surface area contributed by atoms with Crippen molar-refractivity contribution in [2.24, 2.45) is 5.92 Å². The van der Waals surface area contributed by atoms with Crippen molar-refractivity contribution < 1.29 is 27.5 Å². The van der Waals surface area contributed by atoms with Crippen LogP contribution in [-0.4, -0.2) is 42.2 Å². The molecule has 8 heteroatoms. The van der Waals surface area contributed by atoms with Crippen LogP contribution in [0.3, 0.4) is 0 Å². The predicted molar refractivity (Wildman–Crippen MR) is 82.7 cm³/mol. The number of likely N-dealkylation sites (tertiary alicyclic amines) is 1. The maximum absolute atomic E-state index is 12.4. The molecule has 1 N–H and O–H groups in total. The summed E-state index contributed by atoms with van der Waals surface area (Å²) in [6.07, 6.45) is -2.34. The number of carbonyl (C=O) groups excluding carboxylic acids is 2. The van der Waals surface area contributed by atoms with Gasteiger partial charge in [0.1, 0.15) is 5.75 Å². The van der Waals surface area contributed by atoms with E-state index in [0.29, 0.717) is 12.1 Å². The Balaban J connectivity index is 1.50. The highest BCUT2D eigenvalue weighted by molar-refractivity contribution is 5.89. The maximum atomic E-state index is 12.4. The topological polar surface area (TPSA) is 58.6 Å². The molecule has 1 saturated heterocycles. The van der Waals surface area contributed by atoms with Crippen LogP contribution < -0.4 is 10.1 Å². The highest BCUT2D eigenvalue weighted by Gasteiger charge is 2.41. The molecule has 1 aliphatic carbocycles. The normalized spacial score (nSPS) is 20.7. The second-order valence-electron chi connectivity index (χ2n) is 6.37. The third kappa shape index (κ3) is 4.64. The average molecular weight is 356 g/mol.